The van der Waals surface area contributed by atoms with Crippen LogP contribution in [0.1, 0.15) is 85.5 Å². The fourth-order valence-electron chi connectivity index (χ4n) is 7.58. The number of benzene rings is 4. The summed E-state index contributed by atoms with van der Waals surface area (Å²) in [6.07, 6.45) is 3.65. The molecule has 1 aliphatic carbocycles. The fraction of sp³-hybridized carbons (Fsp3) is 0.447. The first-order valence-electron chi connectivity index (χ1n) is 22.3. The molecular formula is C47H64N6O10S2. The second-order valence-electron chi connectivity index (χ2n) is 16.3. The van der Waals surface area contributed by atoms with Crippen molar-refractivity contribution in [1.82, 2.24) is 30.5 Å². The van der Waals surface area contributed by atoms with Crippen LogP contribution in [0.5, 0.6) is 0 Å². The molecule has 65 heavy (non-hydrogen) atoms. The van der Waals surface area contributed by atoms with Crippen LogP contribution in [0.2, 0.25) is 0 Å². The van der Waals surface area contributed by atoms with Gasteiger partial charge in [-0.3, -0.25) is 29.7 Å². The van der Waals surface area contributed by atoms with Crippen molar-refractivity contribution in [3.05, 3.63) is 109 Å². The Morgan fingerprint density at radius 1 is 0.569 bits per heavy atom. The number of carbonyl (C=O) groups is 2. The first kappa shape index (κ1) is 51.4. The van der Waals surface area contributed by atoms with Gasteiger partial charge >= 0.3 is 0 Å². The molecule has 6 unspecified atom stereocenters. The largest absolute Gasteiger partial charge is 0.314 e. The zero-order chi connectivity index (χ0) is 47.0. The lowest BCUT2D eigenvalue weighted by Crippen LogP contribution is -2.51. The third-order valence-electron chi connectivity index (χ3n) is 11.7. The standard InChI is InChI=1S/C47H64N6O10S2/c1-5-34(3)62-52(64(58,59)42-26-20-38(21-27-42)36-14-9-7-10-15-36)44(46(54)50-56)30-32-48-40-18-13-19-41(25-24-40)49-33-31-45(47(55)51-57)53(63-35(4)6-2)65(60,61)43-28-22-39(23-29-43)37-16-11-8-12-17-37/h7-12,14-17,20-23,26-29,34-35,40-41,44-45,48-49,56-57H,5-6,13,18-19,24-25,30-33H2,1-4H3,(H,50,54)(H,51,55). The zero-order valence-corrected chi connectivity index (χ0v) is 39.1. The Kier molecular flexibility index (Phi) is 19.6. The van der Waals surface area contributed by atoms with Crippen molar-refractivity contribution < 1.29 is 46.5 Å². The summed E-state index contributed by atoms with van der Waals surface area (Å²) in [4.78, 5) is 38.0. The average Bonchev–Trinajstić information content (AvgIpc) is 3.57. The van der Waals surface area contributed by atoms with E-state index in [2.05, 4.69) is 10.6 Å². The van der Waals surface area contributed by atoms with E-state index in [1.807, 2.05) is 74.5 Å². The van der Waals surface area contributed by atoms with E-state index in [0.717, 1.165) is 54.4 Å². The highest BCUT2D eigenvalue weighted by Crippen LogP contribution is 2.28. The van der Waals surface area contributed by atoms with Gasteiger partial charge in [0.25, 0.3) is 31.9 Å². The summed E-state index contributed by atoms with van der Waals surface area (Å²) in [6, 6.07) is 28.9. The van der Waals surface area contributed by atoms with Crippen molar-refractivity contribution in [2.45, 2.75) is 132 Å². The Morgan fingerprint density at radius 3 is 1.23 bits per heavy atom. The molecule has 6 N–H and O–H groups in total. The normalized spacial score (nSPS) is 17.8. The molecule has 1 fully saturated rings. The van der Waals surface area contributed by atoms with Crippen LogP contribution in [-0.4, -0.2) is 97.5 Å². The van der Waals surface area contributed by atoms with Gasteiger partial charge in [0.2, 0.25) is 0 Å². The Balaban J connectivity index is 1.21. The van der Waals surface area contributed by atoms with Crippen molar-refractivity contribution in [2.75, 3.05) is 13.1 Å². The maximum atomic E-state index is 14.1. The molecule has 0 bridgehead atoms. The first-order valence-corrected chi connectivity index (χ1v) is 25.2. The SMILES string of the molecule is CCC(C)ON(C(CCNC1CCCC(NCCC(C(=O)NO)N(OC(C)CC)S(=O)(=O)c2ccc(-c3ccccc3)cc2)CC1)C(=O)NO)S(=O)(=O)c1ccc(-c2ccccc2)cc1. The van der Waals surface area contributed by atoms with E-state index in [-0.39, 0.29) is 47.8 Å². The van der Waals surface area contributed by atoms with Gasteiger partial charge in [-0.05, 0) is 125 Å². The average molecular weight is 937 g/mol. The van der Waals surface area contributed by atoms with Crippen molar-refractivity contribution in [1.29, 1.82) is 0 Å². The molecule has 0 aliphatic heterocycles. The van der Waals surface area contributed by atoms with Crippen LogP contribution in [-0.2, 0) is 39.3 Å². The van der Waals surface area contributed by atoms with Gasteiger partial charge in [0, 0.05) is 12.1 Å². The second-order valence-corrected chi connectivity index (χ2v) is 19.9. The number of hydrogen-bond acceptors (Lipinski definition) is 12. The van der Waals surface area contributed by atoms with E-state index >= 15 is 0 Å². The third kappa shape index (κ3) is 14.0. The maximum absolute atomic E-state index is 14.1. The minimum Gasteiger partial charge on any atom is -0.314 e. The smallest absolute Gasteiger partial charge is 0.265 e. The first-order chi connectivity index (χ1) is 31.2. The van der Waals surface area contributed by atoms with Crippen LogP contribution in [0.3, 0.4) is 0 Å². The van der Waals surface area contributed by atoms with Crippen molar-refractivity contribution in [2.24, 2.45) is 0 Å². The topological polar surface area (TPSA) is 216 Å². The predicted octanol–water partition coefficient (Wildman–Crippen LogP) is 6.57. The van der Waals surface area contributed by atoms with Gasteiger partial charge in [0.05, 0.1) is 22.0 Å². The molecule has 0 radical (unpaired) electrons. The number of carbonyl (C=O) groups excluding carboxylic acids is 2. The second kappa shape index (κ2) is 24.8. The molecular weight excluding hydrogens is 873 g/mol. The highest BCUT2D eigenvalue weighted by atomic mass is 32.2. The lowest BCUT2D eigenvalue weighted by Gasteiger charge is -2.31. The molecule has 6 atom stereocenters. The van der Waals surface area contributed by atoms with Crippen LogP contribution < -0.4 is 21.6 Å². The Bertz CT molecular complexity index is 2150. The Morgan fingerprint density at radius 2 is 0.908 bits per heavy atom. The molecule has 0 spiro atoms. The number of hydroxylamine groups is 4. The van der Waals surface area contributed by atoms with Gasteiger partial charge in [-0.25, -0.2) is 27.8 Å². The van der Waals surface area contributed by atoms with Gasteiger partial charge < -0.3 is 10.6 Å². The van der Waals surface area contributed by atoms with Crippen LogP contribution in [0.4, 0.5) is 0 Å². The van der Waals surface area contributed by atoms with E-state index < -0.39 is 56.2 Å². The van der Waals surface area contributed by atoms with Crippen molar-refractivity contribution >= 4 is 31.9 Å². The van der Waals surface area contributed by atoms with E-state index in [9.17, 15) is 36.8 Å². The van der Waals surface area contributed by atoms with E-state index in [1.54, 1.807) is 49.1 Å². The summed E-state index contributed by atoms with van der Waals surface area (Å²) in [6.45, 7) is 7.54. The van der Waals surface area contributed by atoms with Gasteiger partial charge in [0.15, 0.2) is 0 Å². The molecule has 4 aromatic carbocycles. The molecule has 1 aliphatic rings. The molecule has 4 aromatic rings. The molecule has 2 amide bonds. The number of amides is 2. The molecule has 0 heterocycles. The van der Waals surface area contributed by atoms with E-state index in [0.29, 0.717) is 21.8 Å². The number of rotatable bonds is 24. The molecule has 354 valence electrons. The summed E-state index contributed by atoms with van der Waals surface area (Å²) >= 11 is 0. The maximum Gasteiger partial charge on any atom is 0.265 e. The van der Waals surface area contributed by atoms with E-state index in [1.165, 1.54) is 24.3 Å². The summed E-state index contributed by atoms with van der Waals surface area (Å²) in [7, 11) is -8.75. The predicted molar refractivity (Wildman–Crippen MR) is 247 cm³/mol. The Labute approximate surface area is 383 Å². The lowest BCUT2D eigenvalue weighted by molar-refractivity contribution is -0.170. The highest BCUT2D eigenvalue weighted by molar-refractivity contribution is 7.89. The van der Waals surface area contributed by atoms with Crippen LogP contribution in [0.15, 0.2) is 119 Å². The fourth-order valence-corrected chi connectivity index (χ4v) is 10.5. The lowest BCUT2D eigenvalue weighted by atomic mass is 10.1. The molecule has 16 nitrogen and oxygen atoms in total. The van der Waals surface area contributed by atoms with Crippen LogP contribution in [0.25, 0.3) is 22.3 Å². The van der Waals surface area contributed by atoms with Gasteiger partial charge in [-0.15, -0.1) is 0 Å². The van der Waals surface area contributed by atoms with Crippen LogP contribution in [0, 0.1) is 0 Å². The number of sulfonamides is 2. The number of hydrogen-bond donors (Lipinski definition) is 6. The monoisotopic (exact) mass is 936 g/mol. The third-order valence-corrected chi connectivity index (χ3v) is 15.1. The van der Waals surface area contributed by atoms with Gasteiger partial charge in [0.1, 0.15) is 12.1 Å². The van der Waals surface area contributed by atoms with Crippen molar-refractivity contribution in [3.63, 3.8) is 0 Å². The quantitative estimate of drug-likeness (QED) is 0.0250. The highest BCUT2D eigenvalue weighted by Gasteiger charge is 2.40. The molecule has 18 heteroatoms. The summed E-state index contributed by atoms with van der Waals surface area (Å²) in [5.74, 6) is -1.86. The van der Waals surface area contributed by atoms with Crippen molar-refractivity contribution in [3.8, 4) is 22.3 Å². The molecule has 1 saturated carbocycles. The molecule has 5 rings (SSSR count). The minimum atomic E-state index is -4.38. The Hall–Kier alpha value is -4.60. The molecule has 0 aromatic heterocycles. The van der Waals surface area contributed by atoms with Gasteiger partial charge in [-0.2, -0.15) is 0 Å². The number of nitrogens with one attached hydrogen (secondary N) is 4. The zero-order valence-electron chi connectivity index (χ0n) is 37.5. The summed E-state index contributed by atoms with van der Waals surface area (Å²) < 4.78 is 57.9. The minimum absolute atomic E-state index is 0.00799. The number of nitrogens with zero attached hydrogens (tertiary/aromatic N) is 2. The summed E-state index contributed by atoms with van der Waals surface area (Å²) in [5.41, 5.74) is 6.73. The van der Waals surface area contributed by atoms with E-state index in [4.69, 9.17) is 9.68 Å². The van der Waals surface area contributed by atoms with Crippen LogP contribution >= 0.6 is 0 Å². The van der Waals surface area contributed by atoms with Gasteiger partial charge in [-0.1, -0.05) is 114 Å². The summed E-state index contributed by atoms with van der Waals surface area (Å²) in [5, 5.41) is 26.4. The molecule has 0 saturated heterocycles.